The lowest BCUT2D eigenvalue weighted by Gasteiger charge is -2.16. The molecule has 0 aliphatic heterocycles. The van der Waals surface area contributed by atoms with Gasteiger partial charge in [-0.15, -0.1) is 11.6 Å². The van der Waals surface area contributed by atoms with E-state index in [1.54, 1.807) is 6.07 Å². The summed E-state index contributed by atoms with van der Waals surface area (Å²) in [6.07, 6.45) is -0.996. The van der Waals surface area contributed by atoms with Gasteiger partial charge < -0.3 is 10.5 Å². The monoisotopic (exact) mass is 162 g/mol. The third-order valence-corrected chi connectivity index (χ3v) is 1.33. The topological polar surface area (TPSA) is 76.1 Å². The first-order chi connectivity index (χ1) is 4.54. The molecule has 0 saturated heterocycles. The molecule has 0 aromatic heterocycles. The predicted molar refractivity (Wildman–Crippen MR) is 35.4 cm³/mol. The number of primary amides is 1. The van der Waals surface area contributed by atoms with E-state index in [2.05, 4.69) is 10.5 Å². The van der Waals surface area contributed by atoms with Crippen LogP contribution in [0.3, 0.4) is 0 Å². The maximum atomic E-state index is 10.1. The van der Waals surface area contributed by atoms with Crippen molar-refractivity contribution in [3.05, 3.63) is 0 Å². The van der Waals surface area contributed by atoms with Crippen molar-refractivity contribution in [2.75, 3.05) is 5.88 Å². The Labute approximate surface area is 63.5 Å². The molecule has 1 atom stereocenters. The molecular formula is C5H7ClN2O2. The zero-order chi connectivity index (χ0) is 8.20. The summed E-state index contributed by atoms with van der Waals surface area (Å²) in [5.41, 5.74) is 3.36. The summed E-state index contributed by atoms with van der Waals surface area (Å²) in [6, 6.07) is 1.70. The van der Waals surface area contributed by atoms with Gasteiger partial charge in [-0.1, -0.05) is 0 Å². The van der Waals surface area contributed by atoms with E-state index >= 15 is 0 Å². The first-order valence-electron chi connectivity index (χ1n) is 2.50. The number of nitrogens with two attached hydrogens (primary N) is 1. The third kappa shape index (κ3) is 2.55. The fraction of sp³-hybridized carbons (Fsp3) is 0.600. The molecule has 0 aromatic carbocycles. The van der Waals surface area contributed by atoms with Gasteiger partial charge in [-0.25, -0.2) is 4.79 Å². The number of carbonyl (C=O) groups is 1. The van der Waals surface area contributed by atoms with Gasteiger partial charge >= 0.3 is 6.09 Å². The highest BCUT2D eigenvalue weighted by Crippen LogP contribution is 2.10. The lowest BCUT2D eigenvalue weighted by atomic mass is 10.2. The quantitative estimate of drug-likeness (QED) is 0.605. The van der Waals surface area contributed by atoms with Crippen LogP contribution >= 0.6 is 11.6 Å². The van der Waals surface area contributed by atoms with Crippen molar-refractivity contribution < 1.29 is 9.53 Å². The van der Waals surface area contributed by atoms with Crippen LogP contribution in [0.5, 0.6) is 0 Å². The van der Waals surface area contributed by atoms with Crippen LogP contribution in [0.4, 0.5) is 4.79 Å². The Kier molecular flexibility index (Phi) is 2.97. The largest absolute Gasteiger partial charge is 0.427 e. The standard InChI is InChI=1S/C5H7ClN2O2/c1-5(2-6,3-7)10-4(8)9/h2H2,1H3,(H2,8,9). The molecule has 2 N–H and O–H groups in total. The Bertz CT molecular complexity index is 177. The van der Waals surface area contributed by atoms with Crippen molar-refractivity contribution in [1.82, 2.24) is 0 Å². The SMILES string of the molecule is CC(C#N)(CCl)OC(N)=O. The summed E-state index contributed by atoms with van der Waals surface area (Å²) in [7, 11) is 0. The fourth-order valence-corrected chi connectivity index (χ4v) is 0.416. The van der Waals surface area contributed by atoms with Gasteiger partial charge in [0.1, 0.15) is 6.07 Å². The van der Waals surface area contributed by atoms with Crippen LogP contribution in [0.25, 0.3) is 0 Å². The number of rotatable bonds is 2. The zero-order valence-corrected chi connectivity index (χ0v) is 6.18. The molecule has 0 spiro atoms. The van der Waals surface area contributed by atoms with Crippen molar-refractivity contribution >= 4 is 17.7 Å². The van der Waals surface area contributed by atoms with Gasteiger partial charge in [0, 0.05) is 0 Å². The molecule has 1 amide bonds. The first kappa shape index (κ1) is 9.05. The number of ether oxygens (including phenoxy) is 1. The van der Waals surface area contributed by atoms with Gasteiger partial charge in [0.15, 0.2) is 0 Å². The smallest absolute Gasteiger partial charge is 0.406 e. The molecule has 56 valence electrons. The fourth-order valence-electron chi connectivity index (χ4n) is 0.302. The Morgan fingerprint density at radius 1 is 2.00 bits per heavy atom. The highest BCUT2D eigenvalue weighted by atomic mass is 35.5. The number of amides is 1. The lowest BCUT2D eigenvalue weighted by molar-refractivity contribution is 0.0872. The van der Waals surface area contributed by atoms with Gasteiger partial charge in [0.25, 0.3) is 0 Å². The van der Waals surface area contributed by atoms with Crippen LogP contribution in [-0.2, 0) is 4.74 Å². The van der Waals surface area contributed by atoms with Crippen LogP contribution in [0, 0.1) is 11.3 Å². The minimum Gasteiger partial charge on any atom is -0.427 e. The lowest BCUT2D eigenvalue weighted by Crippen LogP contribution is -2.34. The van der Waals surface area contributed by atoms with Gasteiger partial charge in [0.05, 0.1) is 5.88 Å². The van der Waals surface area contributed by atoms with E-state index in [0.717, 1.165) is 0 Å². The molecule has 0 aromatic rings. The van der Waals surface area contributed by atoms with E-state index in [9.17, 15) is 4.79 Å². The van der Waals surface area contributed by atoms with Crippen LogP contribution in [0.15, 0.2) is 0 Å². The minimum absolute atomic E-state index is 0.0908. The number of carbonyl (C=O) groups excluding carboxylic acids is 1. The van der Waals surface area contributed by atoms with E-state index < -0.39 is 11.7 Å². The van der Waals surface area contributed by atoms with Gasteiger partial charge in [0.2, 0.25) is 5.60 Å². The summed E-state index contributed by atoms with van der Waals surface area (Å²) >= 11 is 5.30. The maximum Gasteiger partial charge on any atom is 0.406 e. The zero-order valence-electron chi connectivity index (χ0n) is 5.43. The molecule has 0 rings (SSSR count). The van der Waals surface area contributed by atoms with Gasteiger partial charge in [-0.05, 0) is 6.92 Å². The number of hydrogen-bond donors (Lipinski definition) is 1. The normalized spacial score (nSPS) is 14.9. The van der Waals surface area contributed by atoms with Gasteiger partial charge in [-0.3, -0.25) is 0 Å². The molecular weight excluding hydrogens is 156 g/mol. The van der Waals surface area contributed by atoms with E-state index in [4.69, 9.17) is 16.9 Å². The number of nitriles is 1. The van der Waals surface area contributed by atoms with E-state index in [-0.39, 0.29) is 5.88 Å². The van der Waals surface area contributed by atoms with Crippen molar-refractivity contribution in [1.29, 1.82) is 5.26 Å². The van der Waals surface area contributed by atoms with Crippen molar-refractivity contribution in [2.45, 2.75) is 12.5 Å². The molecule has 0 bridgehead atoms. The second kappa shape index (κ2) is 3.28. The number of halogens is 1. The molecule has 0 radical (unpaired) electrons. The van der Waals surface area contributed by atoms with Gasteiger partial charge in [-0.2, -0.15) is 5.26 Å². The minimum atomic E-state index is -1.30. The molecule has 0 heterocycles. The number of nitrogens with zero attached hydrogens (tertiary/aromatic N) is 1. The molecule has 5 heteroatoms. The second-order valence-electron chi connectivity index (χ2n) is 1.90. The molecule has 0 aliphatic carbocycles. The van der Waals surface area contributed by atoms with E-state index in [1.807, 2.05) is 0 Å². The summed E-state index contributed by atoms with van der Waals surface area (Å²) in [5, 5.41) is 8.37. The highest BCUT2D eigenvalue weighted by Gasteiger charge is 2.26. The van der Waals surface area contributed by atoms with Crippen LogP contribution < -0.4 is 5.73 Å². The van der Waals surface area contributed by atoms with Crippen LogP contribution in [0.1, 0.15) is 6.92 Å². The van der Waals surface area contributed by atoms with Crippen LogP contribution in [-0.4, -0.2) is 17.6 Å². The Hall–Kier alpha value is -0.950. The molecule has 0 fully saturated rings. The molecule has 10 heavy (non-hydrogen) atoms. The number of alkyl halides is 1. The summed E-state index contributed by atoms with van der Waals surface area (Å²) in [4.78, 5) is 10.1. The molecule has 1 unspecified atom stereocenters. The third-order valence-electron chi connectivity index (χ3n) is 0.817. The second-order valence-corrected chi connectivity index (χ2v) is 2.16. The average Bonchev–Trinajstić information content (AvgIpc) is 1.87. The Morgan fingerprint density at radius 3 is 2.60 bits per heavy atom. The average molecular weight is 163 g/mol. The number of hydrogen-bond acceptors (Lipinski definition) is 3. The van der Waals surface area contributed by atoms with E-state index in [0.29, 0.717) is 0 Å². The summed E-state index contributed by atoms with van der Waals surface area (Å²) in [6.45, 7) is 1.38. The summed E-state index contributed by atoms with van der Waals surface area (Å²) in [5.74, 6) is -0.0908. The molecule has 4 nitrogen and oxygen atoms in total. The van der Waals surface area contributed by atoms with Crippen molar-refractivity contribution in [3.8, 4) is 6.07 Å². The molecule has 0 aliphatic rings. The summed E-state index contributed by atoms with van der Waals surface area (Å²) < 4.78 is 4.38. The Balaban J connectivity index is 4.10. The molecule has 0 saturated carbocycles. The first-order valence-corrected chi connectivity index (χ1v) is 3.03. The van der Waals surface area contributed by atoms with Crippen LogP contribution in [0.2, 0.25) is 0 Å². The highest BCUT2D eigenvalue weighted by molar-refractivity contribution is 6.18. The van der Waals surface area contributed by atoms with Crippen molar-refractivity contribution in [2.24, 2.45) is 5.73 Å². The predicted octanol–water partition coefficient (Wildman–Crippen LogP) is 0.603. The Morgan fingerprint density at radius 2 is 2.50 bits per heavy atom. The maximum absolute atomic E-state index is 10.1. The van der Waals surface area contributed by atoms with E-state index in [1.165, 1.54) is 6.92 Å². The van der Waals surface area contributed by atoms with Crippen molar-refractivity contribution in [3.63, 3.8) is 0 Å².